The van der Waals surface area contributed by atoms with Gasteiger partial charge in [-0.1, -0.05) is 6.92 Å². The second kappa shape index (κ2) is 6.12. The zero-order valence-electron chi connectivity index (χ0n) is 11.2. The highest BCUT2D eigenvalue weighted by atomic mass is 19.4. The van der Waals surface area contributed by atoms with Gasteiger partial charge < -0.3 is 15.7 Å². The molecule has 21 heavy (non-hydrogen) atoms. The molecule has 0 bridgehead atoms. The molecule has 0 aromatic carbocycles. The fraction of sp³-hybridized carbons (Fsp3) is 0.545. The predicted octanol–water partition coefficient (Wildman–Crippen LogP) is 1.51. The number of aromatic nitrogens is 4. The maximum atomic E-state index is 12.3. The number of aliphatic hydroxyl groups is 1. The van der Waals surface area contributed by atoms with E-state index in [1.165, 1.54) is 6.20 Å². The molecule has 1 unspecified atom stereocenters. The van der Waals surface area contributed by atoms with E-state index in [-0.39, 0.29) is 11.8 Å². The molecule has 0 spiro atoms. The van der Waals surface area contributed by atoms with E-state index in [9.17, 15) is 13.2 Å². The smallest absolute Gasteiger partial charge is 0.382 e. The van der Waals surface area contributed by atoms with Crippen LogP contribution in [-0.4, -0.2) is 50.6 Å². The van der Waals surface area contributed by atoms with Crippen LogP contribution in [0.25, 0.3) is 11.0 Å². The monoisotopic (exact) mass is 304 g/mol. The fourth-order valence-electron chi connectivity index (χ4n) is 1.59. The number of rotatable bonds is 6. The lowest BCUT2D eigenvalue weighted by Crippen LogP contribution is -2.35. The Morgan fingerprint density at radius 2 is 2.10 bits per heavy atom. The number of halogens is 3. The van der Waals surface area contributed by atoms with Crippen LogP contribution in [0.1, 0.15) is 13.3 Å². The summed E-state index contributed by atoms with van der Waals surface area (Å²) >= 11 is 0. The Hall–Kier alpha value is -2.10. The van der Waals surface area contributed by atoms with Gasteiger partial charge in [0, 0.05) is 6.54 Å². The van der Waals surface area contributed by atoms with E-state index in [4.69, 9.17) is 5.11 Å². The highest BCUT2D eigenvalue weighted by Gasteiger charge is 2.38. The number of H-pyrrole nitrogens is 1. The summed E-state index contributed by atoms with van der Waals surface area (Å²) in [5.74, 6) is 0.452. The van der Waals surface area contributed by atoms with Crippen LogP contribution in [0.15, 0.2) is 6.20 Å². The number of anilines is 2. The van der Waals surface area contributed by atoms with Crippen molar-refractivity contribution in [2.75, 3.05) is 23.7 Å². The first kappa shape index (κ1) is 15.3. The van der Waals surface area contributed by atoms with Crippen LogP contribution in [0.3, 0.4) is 0 Å². The Bertz CT molecular complexity index is 599. The molecule has 2 rings (SSSR count). The number of nitrogens with one attached hydrogen (secondary N) is 3. The number of aliphatic hydroxyl groups excluding tert-OH is 1. The van der Waals surface area contributed by atoms with Gasteiger partial charge in [-0.15, -0.1) is 0 Å². The molecule has 0 aliphatic carbocycles. The summed E-state index contributed by atoms with van der Waals surface area (Å²) in [6, 6.07) is 0. The Labute approximate surface area is 118 Å². The standard InChI is InChI=1S/C11H15F3N6O/c1-2-3-15-10-18-8(6-4-17-20-9(6)19-10)16-5-7(21)11(12,13)14/h4,7,21H,2-3,5H2,1H3,(H3,15,16,17,18,19,20). The van der Waals surface area contributed by atoms with Gasteiger partial charge in [-0.3, -0.25) is 5.10 Å². The normalized spacial score (nSPS) is 13.4. The largest absolute Gasteiger partial charge is 0.416 e. The third-order valence-corrected chi connectivity index (χ3v) is 2.68. The molecule has 4 N–H and O–H groups in total. The lowest BCUT2D eigenvalue weighted by atomic mass is 10.3. The van der Waals surface area contributed by atoms with Crippen molar-refractivity contribution in [1.82, 2.24) is 20.2 Å². The molecule has 0 saturated heterocycles. The van der Waals surface area contributed by atoms with Crippen LogP contribution in [0.2, 0.25) is 0 Å². The van der Waals surface area contributed by atoms with Gasteiger partial charge in [-0.25, -0.2) is 0 Å². The molecule has 2 aromatic rings. The van der Waals surface area contributed by atoms with E-state index >= 15 is 0 Å². The average Bonchev–Trinajstić information content (AvgIpc) is 2.89. The Morgan fingerprint density at radius 1 is 1.33 bits per heavy atom. The molecule has 0 radical (unpaired) electrons. The summed E-state index contributed by atoms with van der Waals surface area (Å²) in [6.45, 7) is 1.89. The van der Waals surface area contributed by atoms with Gasteiger partial charge in [-0.05, 0) is 6.42 Å². The van der Waals surface area contributed by atoms with Crippen LogP contribution in [0, 0.1) is 0 Å². The molecule has 2 heterocycles. The zero-order valence-corrected chi connectivity index (χ0v) is 11.2. The number of alkyl halides is 3. The molecular formula is C11H15F3N6O. The van der Waals surface area contributed by atoms with E-state index in [0.29, 0.717) is 17.6 Å². The van der Waals surface area contributed by atoms with Gasteiger partial charge in [0.25, 0.3) is 0 Å². The van der Waals surface area contributed by atoms with Gasteiger partial charge in [0.15, 0.2) is 11.8 Å². The lowest BCUT2D eigenvalue weighted by molar-refractivity contribution is -0.198. The molecule has 7 nitrogen and oxygen atoms in total. The first-order valence-corrected chi connectivity index (χ1v) is 6.35. The van der Waals surface area contributed by atoms with Crippen LogP contribution < -0.4 is 10.6 Å². The summed E-state index contributed by atoms with van der Waals surface area (Å²) in [6.07, 6.45) is -4.90. The Morgan fingerprint density at radius 3 is 2.76 bits per heavy atom. The van der Waals surface area contributed by atoms with Crippen LogP contribution in [-0.2, 0) is 0 Å². The topological polar surface area (TPSA) is 98.8 Å². The van der Waals surface area contributed by atoms with Crippen molar-refractivity contribution in [1.29, 1.82) is 0 Å². The Balaban J connectivity index is 2.19. The van der Waals surface area contributed by atoms with Crippen molar-refractivity contribution >= 4 is 22.8 Å². The summed E-state index contributed by atoms with van der Waals surface area (Å²) in [5.41, 5.74) is 0.396. The van der Waals surface area contributed by atoms with Crippen molar-refractivity contribution < 1.29 is 18.3 Å². The summed E-state index contributed by atoms with van der Waals surface area (Å²) in [4.78, 5) is 8.24. The van der Waals surface area contributed by atoms with Crippen molar-refractivity contribution in [3.05, 3.63) is 6.20 Å². The van der Waals surface area contributed by atoms with Gasteiger partial charge >= 0.3 is 6.18 Å². The van der Waals surface area contributed by atoms with Crippen LogP contribution in [0.4, 0.5) is 24.9 Å². The van der Waals surface area contributed by atoms with Crippen molar-refractivity contribution in [3.8, 4) is 0 Å². The minimum atomic E-state index is -4.68. The van der Waals surface area contributed by atoms with Gasteiger partial charge in [0.1, 0.15) is 5.82 Å². The summed E-state index contributed by atoms with van der Waals surface area (Å²) in [5, 5.41) is 21.3. The Kier molecular flexibility index (Phi) is 4.46. The number of aromatic amines is 1. The van der Waals surface area contributed by atoms with Crippen LogP contribution in [0.5, 0.6) is 0 Å². The maximum Gasteiger partial charge on any atom is 0.416 e. The third kappa shape index (κ3) is 3.72. The molecule has 2 aromatic heterocycles. The van der Waals surface area contributed by atoms with E-state index in [1.54, 1.807) is 0 Å². The number of hydrogen-bond acceptors (Lipinski definition) is 6. The number of hydrogen-bond donors (Lipinski definition) is 4. The highest BCUT2D eigenvalue weighted by Crippen LogP contribution is 2.23. The first-order chi connectivity index (χ1) is 9.91. The molecule has 0 saturated carbocycles. The van der Waals surface area contributed by atoms with E-state index < -0.39 is 18.8 Å². The van der Waals surface area contributed by atoms with Gasteiger partial charge in [0.05, 0.1) is 18.1 Å². The summed E-state index contributed by atoms with van der Waals surface area (Å²) in [7, 11) is 0. The van der Waals surface area contributed by atoms with Crippen LogP contribution >= 0.6 is 0 Å². The molecule has 1 atom stereocenters. The van der Waals surface area contributed by atoms with E-state index in [1.807, 2.05) is 6.92 Å². The number of nitrogens with zero attached hydrogens (tertiary/aromatic N) is 3. The molecule has 0 amide bonds. The molecular weight excluding hydrogens is 289 g/mol. The van der Waals surface area contributed by atoms with Gasteiger partial charge in [-0.2, -0.15) is 28.2 Å². The fourth-order valence-corrected chi connectivity index (χ4v) is 1.59. The quantitative estimate of drug-likeness (QED) is 0.646. The maximum absolute atomic E-state index is 12.3. The average molecular weight is 304 g/mol. The molecule has 0 aliphatic rings. The third-order valence-electron chi connectivity index (χ3n) is 2.68. The van der Waals surface area contributed by atoms with E-state index in [0.717, 1.165) is 6.42 Å². The van der Waals surface area contributed by atoms with Crippen molar-refractivity contribution in [2.45, 2.75) is 25.6 Å². The van der Waals surface area contributed by atoms with Crippen molar-refractivity contribution in [3.63, 3.8) is 0 Å². The van der Waals surface area contributed by atoms with Crippen molar-refractivity contribution in [2.24, 2.45) is 0 Å². The zero-order chi connectivity index (χ0) is 15.5. The minimum absolute atomic E-state index is 0.177. The van der Waals surface area contributed by atoms with E-state index in [2.05, 4.69) is 30.8 Å². The first-order valence-electron chi connectivity index (χ1n) is 6.35. The SMILES string of the molecule is CCCNc1nc(NCC(O)C(F)(F)F)c2cn[nH]c2n1. The molecule has 0 fully saturated rings. The number of fused-ring (bicyclic) bond motifs is 1. The van der Waals surface area contributed by atoms with Gasteiger partial charge in [0.2, 0.25) is 5.95 Å². The lowest BCUT2D eigenvalue weighted by Gasteiger charge is -2.16. The summed E-state index contributed by atoms with van der Waals surface area (Å²) < 4.78 is 36.9. The predicted molar refractivity (Wildman–Crippen MR) is 71.0 cm³/mol. The second-order valence-corrected chi connectivity index (χ2v) is 4.39. The molecule has 0 aliphatic heterocycles. The molecule has 116 valence electrons. The minimum Gasteiger partial charge on any atom is -0.382 e. The highest BCUT2D eigenvalue weighted by molar-refractivity contribution is 5.86. The second-order valence-electron chi connectivity index (χ2n) is 4.39. The molecule has 10 heteroatoms.